The normalized spacial score (nSPS) is 16.5. The first-order valence-corrected chi connectivity index (χ1v) is 11.3. The van der Waals surface area contributed by atoms with Gasteiger partial charge in [0.15, 0.2) is 0 Å². The molecule has 0 spiro atoms. The topological polar surface area (TPSA) is 74.8 Å². The van der Waals surface area contributed by atoms with E-state index in [0.29, 0.717) is 16.8 Å². The maximum absolute atomic E-state index is 13.5. The molecule has 9 heteroatoms. The zero-order valence-corrected chi connectivity index (χ0v) is 18.4. The Morgan fingerprint density at radius 2 is 2.06 bits per heavy atom. The molecule has 0 N–H and O–H groups in total. The summed E-state index contributed by atoms with van der Waals surface area (Å²) in [5.74, 6) is -0.366. The van der Waals surface area contributed by atoms with Crippen molar-refractivity contribution in [3.63, 3.8) is 0 Å². The Labute approximate surface area is 188 Å². The average Bonchev–Trinajstić information content (AvgIpc) is 3.27. The number of ether oxygens (including phenoxy) is 1. The van der Waals surface area contributed by atoms with Crippen LogP contribution < -0.4 is 5.56 Å². The molecule has 0 radical (unpaired) electrons. The van der Waals surface area contributed by atoms with Gasteiger partial charge in [-0.25, -0.2) is 13.8 Å². The van der Waals surface area contributed by atoms with Gasteiger partial charge in [0.2, 0.25) is 0 Å². The third kappa shape index (κ3) is 4.31. The molecule has 1 unspecified atom stereocenters. The van der Waals surface area contributed by atoms with Crippen LogP contribution in [0.4, 0.5) is 4.39 Å². The lowest BCUT2D eigenvalue weighted by Crippen LogP contribution is -2.23. The fraction of sp³-hybridized carbons (Fsp3) is 0.304. The Kier molecular flexibility index (Phi) is 5.75. The van der Waals surface area contributed by atoms with Crippen molar-refractivity contribution in [3.05, 3.63) is 76.5 Å². The molecular formula is C23H22FN5O2S. The molecule has 0 saturated carbocycles. The third-order valence-corrected chi connectivity index (χ3v) is 6.42. The van der Waals surface area contributed by atoms with Crippen molar-refractivity contribution in [2.45, 2.75) is 48.7 Å². The lowest BCUT2D eigenvalue weighted by atomic mass is 10.2. The molecule has 5 rings (SSSR count). The van der Waals surface area contributed by atoms with E-state index in [1.807, 2.05) is 35.3 Å². The number of halogens is 1. The van der Waals surface area contributed by atoms with E-state index in [1.54, 1.807) is 30.9 Å². The Balaban J connectivity index is 1.35. The first kappa shape index (κ1) is 20.8. The fourth-order valence-electron chi connectivity index (χ4n) is 3.78. The zero-order valence-electron chi connectivity index (χ0n) is 17.6. The summed E-state index contributed by atoms with van der Waals surface area (Å²) in [5, 5.41) is 10.1. The molecule has 1 aromatic carbocycles. The van der Waals surface area contributed by atoms with Crippen LogP contribution in [0.5, 0.6) is 0 Å². The van der Waals surface area contributed by atoms with Crippen LogP contribution in [0.1, 0.15) is 36.9 Å². The van der Waals surface area contributed by atoms with Crippen LogP contribution in [0.15, 0.2) is 63.5 Å². The molecule has 1 fully saturated rings. The van der Waals surface area contributed by atoms with E-state index in [1.165, 1.54) is 10.7 Å². The van der Waals surface area contributed by atoms with Gasteiger partial charge < -0.3 is 4.74 Å². The average molecular weight is 452 g/mol. The SMILES string of the molecule is Cc1nc(Cn2ncc3cc(Sc4cnn(C5CCCCO5)c4)ccc3c2=O)ccc1F. The van der Waals surface area contributed by atoms with Gasteiger partial charge in [-0.05, 0) is 56.5 Å². The predicted octanol–water partition coefficient (Wildman–Crippen LogP) is 4.33. The third-order valence-electron chi connectivity index (χ3n) is 5.48. The van der Waals surface area contributed by atoms with Crippen molar-refractivity contribution in [1.29, 1.82) is 0 Å². The Hall–Kier alpha value is -3.04. The number of fused-ring (bicyclic) bond motifs is 1. The van der Waals surface area contributed by atoms with Crippen LogP contribution in [-0.2, 0) is 11.3 Å². The highest BCUT2D eigenvalue weighted by atomic mass is 32.2. The second-order valence-corrected chi connectivity index (χ2v) is 8.95. The smallest absolute Gasteiger partial charge is 0.274 e. The number of pyridine rings is 1. The van der Waals surface area contributed by atoms with E-state index in [2.05, 4.69) is 15.2 Å². The summed E-state index contributed by atoms with van der Waals surface area (Å²) < 4.78 is 22.5. The van der Waals surface area contributed by atoms with Gasteiger partial charge in [0.05, 0.1) is 40.6 Å². The van der Waals surface area contributed by atoms with E-state index in [4.69, 9.17) is 4.74 Å². The molecule has 4 aromatic rings. The molecule has 32 heavy (non-hydrogen) atoms. The molecule has 1 aliphatic rings. The minimum Gasteiger partial charge on any atom is -0.357 e. The molecule has 0 amide bonds. The van der Waals surface area contributed by atoms with Crippen molar-refractivity contribution in [3.8, 4) is 0 Å². The first-order chi connectivity index (χ1) is 15.6. The Morgan fingerprint density at radius 1 is 1.16 bits per heavy atom. The fourth-order valence-corrected chi connectivity index (χ4v) is 4.63. The molecule has 1 saturated heterocycles. The highest BCUT2D eigenvalue weighted by Gasteiger charge is 2.17. The number of benzene rings is 1. The summed E-state index contributed by atoms with van der Waals surface area (Å²) in [6.07, 6.45) is 8.75. The van der Waals surface area contributed by atoms with E-state index >= 15 is 0 Å². The van der Waals surface area contributed by atoms with E-state index in [9.17, 15) is 9.18 Å². The standard InChI is InChI=1S/C23H22FN5O2S/c1-15-21(24)8-5-17(27-15)13-29-23(30)20-7-6-18(10-16(20)11-25-29)32-19-12-26-28(14-19)22-4-2-3-9-31-22/h5-8,10-12,14,22H,2-4,9,13H2,1H3. The van der Waals surface area contributed by atoms with Crippen LogP contribution in [0.3, 0.4) is 0 Å². The lowest BCUT2D eigenvalue weighted by molar-refractivity contribution is -0.0396. The minimum absolute atomic E-state index is 0.0109. The number of aromatic nitrogens is 5. The summed E-state index contributed by atoms with van der Waals surface area (Å²) in [4.78, 5) is 19.1. The van der Waals surface area contributed by atoms with Gasteiger partial charge in [0, 0.05) is 23.1 Å². The molecular weight excluding hydrogens is 429 g/mol. The van der Waals surface area contributed by atoms with Crippen molar-refractivity contribution < 1.29 is 9.13 Å². The largest absolute Gasteiger partial charge is 0.357 e. The van der Waals surface area contributed by atoms with E-state index in [-0.39, 0.29) is 24.1 Å². The molecule has 0 aliphatic carbocycles. The molecule has 1 aliphatic heterocycles. The van der Waals surface area contributed by atoms with E-state index in [0.717, 1.165) is 41.0 Å². The molecule has 0 bridgehead atoms. The summed E-state index contributed by atoms with van der Waals surface area (Å²) in [5.41, 5.74) is 0.686. The van der Waals surface area contributed by atoms with Gasteiger partial charge in [-0.2, -0.15) is 10.2 Å². The van der Waals surface area contributed by atoms with Gasteiger partial charge in [-0.1, -0.05) is 11.8 Å². The van der Waals surface area contributed by atoms with Gasteiger partial charge in [-0.15, -0.1) is 0 Å². The molecule has 164 valence electrons. The summed E-state index contributed by atoms with van der Waals surface area (Å²) in [6.45, 7) is 2.56. The highest BCUT2D eigenvalue weighted by Crippen LogP contribution is 2.31. The van der Waals surface area contributed by atoms with Crippen molar-refractivity contribution in [2.75, 3.05) is 6.61 Å². The maximum Gasteiger partial charge on any atom is 0.274 e. The first-order valence-electron chi connectivity index (χ1n) is 10.5. The zero-order chi connectivity index (χ0) is 22.1. The molecule has 1 atom stereocenters. The van der Waals surface area contributed by atoms with Crippen molar-refractivity contribution in [2.24, 2.45) is 0 Å². The summed E-state index contributed by atoms with van der Waals surface area (Å²) >= 11 is 1.58. The van der Waals surface area contributed by atoms with Crippen LogP contribution in [0.2, 0.25) is 0 Å². The number of nitrogens with zero attached hydrogens (tertiary/aromatic N) is 5. The van der Waals surface area contributed by atoms with Crippen LogP contribution in [0.25, 0.3) is 10.8 Å². The van der Waals surface area contributed by atoms with Gasteiger partial charge in [0.25, 0.3) is 5.56 Å². The number of hydrogen-bond donors (Lipinski definition) is 0. The quantitative estimate of drug-likeness (QED) is 0.450. The van der Waals surface area contributed by atoms with Crippen LogP contribution in [-0.4, -0.2) is 31.2 Å². The Bertz CT molecular complexity index is 1330. The number of hydrogen-bond acceptors (Lipinski definition) is 6. The number of aryl methyl sites for hydroxylation is 1. The maximum atomic E-state index is 13.5. The van der Waals surface area contributed by atoms with Crippen LogP contribution in [0, 0.1) is 12.7 Å². The highest BCUT2D eigenvalue weighted by molar-refractivity contribution is 7.99. The Morgan fingerprint density at radius 3 is 2.88 bits per heavy atom. The molecule has 7 nitrogen and oxygen atoms in total. The monoisotopic (exact) mass is 451 g/mol. The number of rotatable bonds is 5. The molecule has 4 heterocycles. The van der Waals surface area contributed by atoms with Gasteiger partial charge >= 0.3 is 0 Å². The van der Waals surface area contributed by atoms with Crippen LogP contribution >= 0.6 is 11.8 Å². The van der Waals surface area contributed by atoms with Crippen molar-refractivity contribution >= 4 is 22.5 Å². The predicted molar refractivity (Wildman–Crippen MR) is 119 cm³/mol. The van der Waals surface area contributed by atoms with E-state index < -0.39 is 0 Å². The summed E-state index contributed by atoms with van der Waals surface area (Å²) in [6, 6.07) is 8.62. The van der Waals surface area contributed by atoms with Gasteiger partial charge in [-0.3, -0.25) is 9.78 Å². The second kappa shape index (κ2) is 8.84. The van der Waals surface area contributed by atoms with Gasteiger partial charge in [0.1, 0.15) is 12.0 Å². The molecule has 3 aromatic heterocycles. The summed E-state index contributed by atoms with van der Waals surface area (Å²) in [7, 11) is 0. The lowest BCUT2D eigenvalue weighted by Gasteiger charge is -2.22. The van der Waals surface area contributed by atoms with Crippen molar-refractivity contribution in [1.82, 2.24) is 24.5 Å². The second-order valence-electron chi connectivity index (χ2n) is 7.81. The minimum atomic E-state index is -0.366.